The highest BCUT2D eigenvalue weighted by molar-refractivity contribution is 5.34. The van der Waals surface area contributed by atoms with Crippen LogP contribution >= 0.6 is 0 Å². The fourth-order valence-electron chi connectivity index (χ4n) is 3.06. The molecule has 2 unspecified atom stereocenters. The van der Waals surface area contributed by atoms with Gasteiger partial charge in [-0.25, -0.2) is 0 Å². The van der Waals surface area contributed by atoms with Gasteiger partial charge in [0.15, 0.2) is 0 Å². The molecule has 0 spiro atoms. The summed E-state index contributed by atoms with van der Waals surface area (Å²) in [5.74, 6) is 5.81. The van der Waals surface area contributed by atoms with E-state index < -0.39 is 0 Å². The Bertz CT molecular complexity index is 405. The Hall–Kier alpha value is -0.900. The van der Waals surface area contributed by atoms with Crippen molar-refractivity contribution in [3.05, 3.63) is 34.9 Å². The first-order valence-electron chi connectivity index (χ1n) is 7.22. The topological polar surface area (TPSA) is 47.3 Å². The molecule has 19 heavy (non-hydrogen) atoms. The normalized spacial score (nSPS) is 25.3. The van der Waals surface area contributed by atoms with Crippen molar-refractivity contribution in [2.24, 2.45) is 5.84 Å². The zero-order valence-electron chi connectivity index (χ0n) is 12.3. The Morgan fingerprint density at radius 1 is 1.32 bits per heavy atom. The predicted octanol–water partition coefficient (Wildman–Crippen LogP) is 2.64. The first-order chi connectivity index (χ1) is 9.07. The van der Waals surface area contributed by atoms with E-state index in [0.29, 0.717) is 0 Å². The summed E-state index contributed by atoms with van der Waals surface area (Å²) >= 11 is 0. The zero-order chi connectivity index (χ0) is 13.9. The molecule has 0 amide bonds. The number of aryl methyl sites for hydroxylation is 2. The maximum Gasteiger partial charge on any atom is 0.0823 e. The maximum atomic E-state index is 6.03. The fraction of sp³-hybridized carbons (Fsp3) is 0.625. The third kappa shape index (κ3) is 3.16. The molecule has 2 atom stereocenters. The van der Waals surface area contributed by atoms with Crippen molar-refractivity contribution in [3.63, 3.8) is 0 Å². The number of ether oxygens (including phenoxy) is 1. The van der Waals surface area contributed by atoms with Crippen molar-refractivity contribution in [1.82, 2.24) is 5.43 Å². The largest absolute Gasteiger partial charge is 0.374 e. The Morgan fingerprint density at radius 3 is 2.53 bits per heavy atom. The highest BCUT2D eigenvalue weighted by atomic mass is 16.5. The molecule has 1 aromatic carbocycles. The molecule has 1 saturated heterocycles. The van der Waals surface area contributed by atoms with Crippen LogP contribution in [0.3, 0.4) is 0 Å². The zero-order valence-corrected chi connectivity index (χ0v) is 12.3. The molecule has 3 heteroatoms. The second-order valence-corrected chi connectivity index (χ2v) is 5.91. The molecule has 1 fully saturated rings. The number of rotatable bonds is 4. The van der Waals surface area contributed by atoms with Crippen LogP contribution in [0.4, 0.5) is 0 Å². The van der Waals surface area contributed by atoms with E-state index in [2.05, 4.69) is 44.4 Å². The van der Waals surface area contributed by atoms with Gasteiger partial charge in [-0.1, -0.05) is 18.2 Å². The summed E-state index contributed by atoms with van der Waals surface area (Å²) in [6.45, 7) is 7.37. The van der Waals surface area contributed by atoms with Crippen molar-refractivity contribution >= 4 is 0 Å². The molecule has 3 N–H and O–H groups in total. The number of hydrogen-bond acceptors (Lipinski definition) is 3. The summed E-state index contributed by atoms with van der Waals surface area (Å²) in [5.41, 5.74) is 6.89. The van der Waals surface area contributed by atoms with E-state index in [1.165, 1.54) is 23.1 Å². The lowest BCUT2D eigenvalue weighted by atomic mass is 9.83. The lowest BCUT2D eigenvalue weighted by Gasteiger charge is -2.40. The van der Waals surface area contributed by atoms with Crippen LogP contribution in [0.2, 0.25) is 0 Å². The molecule has 2 rings (SSSR count). The second kappa shape index (κ2) is 6.04. The van der Waals surface area contributed by atoms with Crippen LogP contribution in [0.25, 0.3) is 0 Å². The summed E-state index contributed by atoms with van der Waals surface area (Å²) in [5, 5.41) is 0. The van der Waals surface area contributed by atoms with Crippen molar-refractivity contribution in [1.29, 1.82) is 0 Å². The fourth-order valence-corrected chi connectivity index (χ4v) is 3.06. The Labute approximate surface area is 116 Å². The number of nitrogens with two attached hydrogens (primary N) is 1. The van der Waals surface area contributed by atoms with Gasteiger partial charge in [0.05, 0.1) is 11.6 Å². The first-order valence-corrected chi connectivity index (χ1v) is 7.22. The van der Waals surface area contributed by atoms with Gasteiger partial charge in [-0.2, -0.15) is 0 Å². The van der Waals surface area contributed by atoms with Crippen molar-refractivity contribution in [3.8, 4) is 0 Å². The molecule has 0 aliphatic carbocycles. The van der Waals surface area contributed by atoms with E-state index in [0.717, 1.165) is 25.9 Å². The van der Waals surface area contributed by atoms with Gasteiger partial charge in [0, 0.05) is 6.61 Å². The van der Waals surface area contributed by atoms with E-state index >= 15 is 0 Å². The van der Waals surface area contributed by atoms with Gasteiger partial charge in [0.1, 0.15) is 0 Å². The molecule has 1 aliphatic heterocycles. The standard InChI is InChI=1S/C16H26N2O/c1-12-7-6-8-13(2)14(12)11-15(18-17)16(3)9-4-5-10-19-16/h6-8,15,18H,4-5,9-11,17H2,1-3H3. The molecular weight excluding hydrogens is 236 g/mol. The summed E-state index contributed by atoms with van der Waals surface area (Å²) in [4.78, 5) is 0. The minimum Gasteiger partial charge on any atom is -0.374 e. The molecule has 0 saturated carbocycles. The number of nitrogens with one attached hydrogen (secondary N) is 1. The van der Waals surface area contributed by atoms with Crippen LogP contribution in [0.5, 0.6) is 0 Å². The van der Waals surface area contributed by atoms with Gasteiger partial charge in [-0.3, -0.25) is 11.3 Å². The first kappa shape index (κ1) is 14.5. The maximum absolute atomic E-state index is 6.03. The molecule has 1 aromatic rings. The quantitative estimate of drug-likeness (QED) is 0.648. The number of benzene rings is 1. The van der Waals surface area contributed by atoms with Crippen molar-refractivity contribution < 1.29 is 4.74 Å². The third-order valence-corrected chi connectivity index (χ3v) is 4.49. The van der Waals surface area contributed by atoms with E-state index in [9.17, 15) is 0 Å². The van der Waals surface area contributed by atoms with Gasteiger partial charge in [-0.05, 0) is 63.1 Å². The van der Waals surface area contributed by atoms with Crippen LogP contribution in [-0.2, 0) is 11.2 Å². The predicted molar refractivity (Wildman–Crippen MR) is 78.9 cm³/mol. The van der Waals surface area contributed by atoms with Gasteiger partial charge >= 0.3 is 0 Å². The Morgan fingerprint density at radius 2 is 2.00 bits per heavy atom. The highest BCUT2D eigenvalue weighted by Gasteiger charge is 2.36. The lowest BCUT2D eigenvalue weighted by molar-refractivity contribution is -0.0885. The third-order valence-electron chi connectivity index (χ3n) is 4.49. The van der Waals surface area contributed by atoms with Crippen molar-refractivity contribution in [2.75, 3.05) is 6.61 Å². The minimum atomic E-state index is -0.151. The number of hydrogen-bond donors (Lipinski definition) is 2. The van der Waals surface area contributed by atoms with E-state index in [4.69, 9.17) is 10.6 Å². The Balaban J connectivity index is 2.19. The minimum absolute atomic E-state index is 0.151. The van der Waals surface area contributed by atoms with Crippen LogP contribution in [0.15, 0.2) is 18.2 Å². The monoisotopic (exact) mass is 262 g/mol. The van der Waals surface area contributed by atoms with Crippen LogP contribution < -0.4 is 11.3 Å². The van der Waals surface area contributed by atoms with E-state index in [1.54, 1.807) is 0 Å². The highest BCUT2D eigenvalue weighted by Crippen LogP contribution is 2.30. The van der Waals surface area contributed by atoms with E-state index in [1.807, 2.05) is 0 Å². The molecule has 3 nitrogen and oxygen atoms in total. The number of hydrazine groups is 1. The lowest BCUT2D eigenvalue weighted by Crippen LogP contribution is -2.55. The molecule has 1 aliphatic rings. The molecule has 1 heterocycles. The summed E-state index contributed by atoms with van der Waals surface area (Å²) in [7, 11) is 0. The van der Waals surface area contributed by atoms with E-state index in [-0.39, 0.29) is 11.6 Å². The average Bonchev–Trinajstić information content (AvgIpc) is 2.39. The summed E-state index contributed by atoms with van der Waals surface area (Å²) < 4.78 is 6.03. The molecule has 0 bridgehead atoms. The summed E-state index contributed by atoms with van der Waals surface area (Å²) in [6.07, 6.45) is 4.38. The van der Waals surface area contributed by atoms with Crippen LogP contribution in [0, 0.1) is 13.8 Å². The van der Waals surface area contributed by atoms with Crippen LogP contribution in [0.1, 0.15) is 42.9 Å². The smallest absolute Gasteiger partial charge is 0.0823 e. The van der Waals surface area contributed by atoms with Gasteiger partial charge < -0.3 is 4.74 Å². The SMILES string of the molecule is Cc1cccc(C)c1CC(NN)C1(C)CCCCO1. The molecule has 0 radical (unpaired) electrons. The average molecular weight is 262 g/mol. The van der Waals surface area contributed by atoms with Gasteiger partial charge in [-0.15, -0.1) is 0 Å². The van der Waals surface area contributed by atoms with Crippen molar-refractivity contribution in [2.45, 2.75) is 58.1 Å². The van der Waals surface area contributed by atoms with Crippen LogP contribution in [-0.4, -0.2) is 18.2 Å². The Kier molecular flexibility index (Phi) is 4.61. The van der Waals surface area contributed by atoms with Gasteiger partial charge in [0.2, 0.25) is 0 Å². The second-order valence-electron chi connectivity index (χ2n) is 5.91. The summed E-state index contributed by atoms with van der Waals surface area (Å²) in [6, 6.07) is 6.60. The van der Waals surface area contributed by atoms with Gasteiger partial charge in [0.25, 0.3) is 0 Å². The molecule has 0 aromatic heterocycles. The molecule has 106 valence electrons. The molecular formula is C16H26N2O.